The van der Waals surface area contributed by atoms with Crippen molar-refractivity contribution in [1.82, 2.24) is 19.7 Å². The molecule has 126 valence electrons. The van der Waals surface area contributed by atoms with E-state index in [4.69, 9.17) is 0 Å². The Morgan fingerprint density at radius 3 is 2.32 bits per heavy atom. The molecule has 0 saturated heterocycles. The zero-order valence-corrected chi connectivity index (χ0v) is 13.2. The molecule has 4 nitrogen and oxygen atoms in total. The summed E-state index contributed by atoms with van der Waals surface area (Å²) in [4.78, 5) is 7.33. The molecule has 2 aromatic heterocycles. The van der Waals surface area contributed by atoms with Crippen LogP contribution in [0.1, 0.15) is 5.56 Å². The number of benzene rings is 2. The molecule has 0 amide bonds. The molecule has 0 spiro atoms. The van der Waals surface area contributed by atoms with E-state index in [9.17, 15) is 13.2 Å². The molecule has 0 unspecified atom stereocenters. The number of aryl methyl sites for hydroxylation is 1. The standard InChI is InChI=1S/C18H13F3N4/c1-25-10-13(9-22-25)11-2-4-12(5-3-11)17-23-15-7-6-14(18(19,20)21)8-16(15)24-17/h2-10H,1H3,(H,23,24). The van der Waals surface area contributed by atoms with E-state index in [0.717, 1.165) is 28.8 Å². The third kappa shape index (κ3) is 2.88. The Morgan fingerprint density at radius 1 is 0.960 bits per heavy atom. The number of nitrogens with zero attached hydrogens (tertiary/aromatic N) is 3. The van der Waals surface area contributed by atoms with Crippen molar-refractivity contribution in [2.24, 2.45) is 7.05 Å². The summed E-state index contributed by atoms with van der Waals surface area (Å²) >= 11 is 0. The fraction of sp³-hybridized carbons (Fsp3) is 0.111. The number of alkyl halides is 3. The highest BCUT2D eigenvalue weighted by Gasteiger charge is 2.30. The van der Waals surface area contributed by atoms with E-state index < -0.39 is 11.7 Å². The Kier molecular flexibility index (Phi) is 3.38. The third-order valence-corrected chi connectivity index (χ3v) is 4.01. The maximum atomic E-state index is 12.8. The number of nitrogens with one attached hydrogen (secondary N) is 1. The summed E-state index contributed by atoms with van der Waals surface area (Å²) in [5, 5.41) is 4.14. The highest BCUT2D eigenvalue weighted by molar-refractivity contribution is 5.80. The number of aromatic nitrogens is 4. The van der Waals surface area contributed by atoms with Gasteiger partial charge in [0.05, 0.1) is 22.8 Å². The zero-order valence-electron chi connectivity index (χ0n) is 13.2. The molecular weight excluding hydrogens is 329 g/mol. The third-order valence-electron chi connectivity index (χ3n) is 4.01. The maximum absolute atomic E-state index is 12.8. The van der Waals surface area contributed by atoms with Crippen LogP contribution in [0.3, 0.4) is 0 Å². The van der Waals surface area contributed by atoms with Crippen LogP contribution in [0.2, 0.25) is 0 Å². The number of fused-ring (bicyclic) bond motifs is 1. The summed E-state index contributed by atoms with van der Waals surface area (Å²) in [5.74, 6) is 0.534. The summed E-state index contributed by atoms with van der Waals surface area (Å²) in [5.41, 5.74) is 2.97. The Bertz CT molecular complexity index is 1040. The second kappa shape index (κ2) is 5.47. The Balaban J connectivity index is 1.69. The number of aromatic amines is 1. The minimum absolute atomic E-state index is 0.362. The monoisotopic (exact) mass is 342 g/mol. The number of hydrogen-bond acceptors (Lipinski definition) is 2. The van der Waals surface area contributed by atoms with Gasteiger partial charge >= 0.3 is 6.18 Å². The van der Waals surface area contributed by atoms with E-state index >= 15 is 0 Å². The first kappa shape index (κ1) is 15.4. The molecular formula is C18H13F3N4. The highest BCUT2D eigenvalue weighted by Crippen LogP contribution is 2.32. The molecule has 0 aliphatic rings. The van der Waals surface area contributed by atoms with Crippen LogP contribution in [-0.2, 0) is 13.2 Å². The fourth-order valence-corrected chi connectivity index (χ4v) is 2.71. The molecule has 2 aromatic carbocycles. The summed E-state index contributed by atoms with van der Waals surface area (Å²) in [6, 6.07) is 11.1. The molecule has 0 aliphatic heterocycles. The lowest BCUT2D eigenvalue weighted by molar-refractivity contribution is -0.137. The van der Waals surface area contributed by atoms with Gasteiger partial charge in [0.1, 0.15) is 5.82 Å². The lowest BCUT2D eigenvalue weighted by atomic mass is 10.1. The van der Waals surface area contributed by atoms with Gasteiger partial charge in [-0.1, -0.05) is 24.3 Å². The Morgan fingerprint density at radius 2 is 1.68 bits per heavy atom. The molecule has 0 atom stereocenters. The second-order valence-corrected chi connectivity index (χ2v) is 5.80. The smallest absolute Gasteiger partial charge is 0.338 e. The second-order valence-electron chi connectivity index (χ2n) is 5.80. The maximum Gasteiger partial charge on any atom is 0.416 e. The molecule has 0 aliphatic carbocycles. The van der Waals surface area contributed by atoms with Crippen LogP contribution < -0.4 is 0 Å². The molecule has 0 fully saturated rings. The predicted octanol–water partition coefficient (Wildman–Crippen LogP) is 4.65. The van der Waals surface area contributed by atoms with Crippen LogP contribution in [0.5, 0.6) is 0 Å². The SMILES string of the molecule is Cn1cc(-c2ccc(-c3nc4ccc(C(F)(F)F)cc4[nH]3)cc2)cn1. The van der Waals surface area contributed by atoms with Crippen LogP contribution in [0.25, 0.3) is 33.5 Å². The average molecular weight is 342 g/mol. The summed E-state index contributed by atoms with van der Waals surface area (Å²) in [6.45, 7) is 0. The van der Waals surface area contributed by atoms with Gasteiger partial charge in [-0.15, -0.1) is 0 Å². The van der Waals surface area contributed by atoms with E-state index in [1.165, 1.54) is 6.07 Å². The van der Waals surface area contributed by atoms with Crippen molar-refractivity contribution < 1.29 is 13.2 Å². The highest BCUT2D eigenvalue weighted by atomic mass is 19.4. The van der Waals surface area contributed by atoms with Crippen molar-refractivity contribution in [1.29, 1.82) is 0 Å². The van der Waals surface area contributed by atoms with Crippen LogP contribution >= 0.6 is 0 Å². The van der Waals surface area contributed by atoms with Crippen molar-refractivity contribution in [2.45, 2.75) is 6.18 Å². The summed E-state index contributed by atoms with van der Waals surface area (Å²) < 4.78 is 40.2. The van der Waals surface area contributed by atoms with E-state index in [1.54, 1.807) is 10.9 Å². The van der Waals surface area contributed by atoms with E-state index in [-0.39, 0.29) is 0 Å². The normalized spacial score (nSPS) is 12.0. The predicted molar refractivity (Wildman–Crippen MR) is 88.7 cm³/mol. The number of H-pyrrole nitrogens is 1. The molecule has 25 heavy (non-hydrogen) atoms. The van der Waals surface area contributed by atoms with Gasteiger partial charge in [-0.05, 0) is 23.8 Å². The van der Waals surface area contributed by atoms with Crippen LogP contribution in [0, 0.1) is 0 Å². The molecule has 0 saturated carbocycles. The molecule has 2 heterocycles. The summed E-state index contributed by atoms with van der Waals surface area (Å²) in [7, 11) is 1.85. The molecule has 4 aromatic rings. The first-order valence-electron chi connectivity index (χ1n) is 7.56. The van der Waals surface area contributed by atoms with Crippen molar-refractivity contribution in [3.63, 3.8) is 0 Å². The molecule has 1 N–H and O–H groups in total. The van der Waals surface area contributed by atoms with E-state index in [1.807, 2.05) is 37.5 Å². The fourth-order valence-electron chi connectivity index (χ4n) is 2.71. The Hall–Kier alpha value is -3.09. The molecule has 7 heteroatoms. The van der Waals surface area contributed by atoms with Crippen molar-refractivity contribution >= 4 is 11.0 Å². The largest absolute Gasteiger partial charge is 0.416 e. The minimum Gasteiger partial charge on any atom is -0.338 e. The topological polar surface area (TPSA) is 46.5 Å². The van der Waals surface area contributed by atoms with Gasteiger partial charge in [0.25, 0.3) is 0 Å². The molecule has 0 bridgehead atoms. The van der Waals surface area contributed by atoms with E-state index in [2.05, 4.69) is 15.1 Å². The van der Waals surface area contributed by atoms with Crippen molar-refractivity contribution in [3.05, 3.63) is 60.4 Å². The number of halogens is 3. The van der Waals surface area contributed by atoms with Gasteiger partial charge in [-0.2, -0.15) is 18.3 Å². The summed E-state index contributed by atoms with van der Waals surface area (Å²) in [6.07, 6.45) is -0.686. The van der Waals surface area contributed by atoms with Crippen LogP contribution in [0.15, 0.2) is 54.9 Å². The quantitative estimate of drug-likeness (QED) is 0.576. The van der Waals surface area contributed by atoms with Gasteiger partial charge in [-0.25, -0.2) is 4.98 Å². The van der Waals surface area contributed by atoms with Crippen LogP contribution in [0.4, 0.5) is 13.2 Å². The van der Waals surface area contributed by atoms with Gasteiger partial charge in [0.15, 0.2) is 0 Å². The molecule has 4 rings (SSSR count). The van der Waals surface area contributed by atoms with Gasteiger partial charge in [-0.3, -0.25) is 4.68 Å². The zero-order chi connectivity index (χ0) is 17.6. The number of rotatable bonds is 2. The molecule has 0 radical (unpaired) electrons. The van der Waals surface area contributed by atoms with Gasteiger partial charge in [0, 0.05) is 24.4 Å². The van der Waals surface area contributed by atoms with Crippen molar-refractivity contribution in [3.8, 4) is 22.5 Å². The number of hydrogen-bond donors (Lipinski definition) is 1. The Labute approximate surface area is 140 Å². The lowest BCUT2D eigenvalue weighted by Gasteiger charge is -2.05. The van der Waals surface area contributed by atoms with Crippen molar-refractivity contribution in [2.75, 3.05) is 0 Å². The van der Waals surface area contributed by atoms with E-state index in [0.29, 0.717) is 16.9 Å². The lowest BCUT2D eigenvalue weighted by Crippen LogP contribution is -2.04. The average Bonchev–Trinajstić information content (AvgIpc) is 3.19. The first-order chi connectivity index (χ1) is 11.9. The van der Waals surface area contributed by atoms with Crippen LogP contribution in [-0.4, -0.2) is 19.7 Å². The first-order valence-corrected chi connectivity index (χ1v) is 7.56. The minimum atomic E-state index is -4.37. The van der Waals surface area contributed by atoms with Gasteiger partial charge < -0.3 is 4.98 Å². The van der Waals surface area contributed by atoms with Gasteiger partial charge in [0.2, 0.25) is 0 Å². The number of imidazole rings is 1.